The molecule has 1 radical (unpaired) electrons. The van der Waals surface area contributed by atoms with Gasteiger partial charge in [0.05, 0.1) is 18.1 Å². The van der Waals surface area contributed by atoms with Crippen LogP contribution in [0.25, 0.3) is 0 Å². The molecule has 0 aliphatic heterocycles. The van der Waals surface area contributed by atoms with Gasteiger partial charge in [-0.25, -0.2) is 9.78 Å². The minimum Gasteiger partial charge on any atom is -0.480 e. The van der Waals surface area contributed by atoms with Crippen LogP contribution in [0.1, 0.15) is 12.6 Å². The van der Waals surface area contributed by atoms with Crippen LogP contribution in [-0.4, -0.2) is 39.0 Å². The van der Waals surface area contributed by atoms with Gasteiger partial charge in [0.2, 0.25) is 5.91 Å². The van der Waals surface area contributed by atoms with E-state index in [1.54, 1.807) is 6.20 Å². The topological polar surface area (TPSA) is 121 Å². The summed E-state index contributed by atoms with van der Waals surface area (Å²) >= 11 is 0. The summed E-state index contributed by atoms with van der Waals surface area (Å²) in [5, 5.41) is 11.2. The standard InChI is InChI=1S/C9H14N4O3.Mn/c1-5(10)8(14)13-7(9(15)16)2-6-3-11-4-12-6;/h3-5,7H,2,10H2,1H3,(H,11,12)(H,13,14)(H,15,16);. The summed E-state index contributed by atoms with van der Waals surface area (Å²) in [6.07, 6.45) is 3.15. The number of aliphatic carboxylic acids is 1. The van der Waals surface area contributed by atoms with Crippen molar-refractivity contribution >= 4 is 11.9 Å². The number of amides is 1. The molecule has 17 heavy (non-hydrogen) atoms. The maximum Gasteiger partial charge on any atom is 0.326 e. The molecule has 0 saturated heterocycles. The maximum atomic E-state index is 11.3. The Morgan fingerprint density at radius 3 is 2.71 bits per heavy atom. The Kier molecular flexibility index (Phi) is 6.48. The summed E-state index contributed by atoms with van der Waals surface area (Å²) in [7, 11) is 0. The van der Waals surface area contributed by atoms with E-state index in [4.69, 9.17) is 10.8 Å². The van der Waals surface area contributed by atoms with Gasteiger partial charge in [-0.05, 0) is 6.92 Å². The van der Waals surface area contributed by atoms with E-state index in [0.717, 1.165) is 0 Å². The molecule has 0 aromatic carbocycles. The number of carbonyl (C=O) groups excluding carboxylic acids is 1. The largest absolute Gasteiger partial charge is 0.480 e. The Morgan fingerprint density at radius 2 is 2.29 bits per heavy atom. The number of carboxylic acids is 1. The van der Waals surface area contributed by atoms with Crippen molar-refractivity contribution in [2.75, 3.05) is 0 Å². The van der Waals surface area contributed by atoms with E-state index >= 15 is 0 Å². The molecule has 0 fully saturated rings. The Morgan fingerprint density at radius 1 is 1.65 bits per heavy atom. The Bertz CT molecular complexity index is 366. The molecule has 0 aliphatic carbocycles. The third-order valence-electron chi connectivity index (χ3n) is 2.00. The molecule has 0 aliphatic rings. The number of aromatic nitrogens is 2. The number of hydrogen-bond donors (Lipinski definition) is 4. The summed E-state index contributed by atoms with van der Waals surface area (Å²) in [6.45, 7) is 1.49. The van der Waals surface area contributed by atoms with E-state index in [-0.39, 0.29) is 23.5 Å². The predicted molar refractivity (Wildman–Crippen MR) is 55.5 cm³/mol. The first-order chi connectivity index (χ1) is 7.50. The quantitative estimate of drug-likeness (QED) is 0.509. The van der Waals surface area contributed by atoms with E-state index in [1.807, 2.05) is 0 Å². The van der Waals surface area contributed by atoms with Gasteiger partial charge in [-0.1, -0.05) is 0 Å². The third-order valence-corrected chi connectivity index (χ3v) is 2.00. The molecule has 95 valence electrons. The predicted octanol–water partition coefficient (Wildman–Crippen LogP) is -1.13. The van der Waals surface area contributed by atoms with Gasteiger partial charge in [-0.2, -0.15) is 0 Å². The van der Waals surface area contributed by atoms with E-state index in [9.17, 15) is 9.59 Å². The van der Waals surface area contributed by atoms with E-state index in [0.29, 0.717) is 5.69 Å². The molecule has 0 saturated carbocycles. The fraction of sp³-hybridized carbons (Fsp3) is 0.444. The summed E-state index contributed by atoms with van der Waals surface area (Å²) < 4.78 is 0. The molecular weight excluding hydrogens is 267 g/mol. The molecule has 7 nitrogen and oxygen atoms in total. The Labute approximate surface area is 109 Å². The van der Waals surface area contributed by atoms with Crippen molar-refractivity contribution in [2.24, 2.45) is 5.73 Å². The van der Waals surface area contributed by atoms with Crippen molar-refractivity contribution in [3.63, 3.8) is 0 Å². The van der Waals surface area contributed by atoms with Crippen LogP contribution in [0.4, 0.5) is 0 Å². The fourth-order valence-electron chi connectivity index (χ4n) is 1.11. The van der Waals surface area contributed by atoms with Crippen LogP contribution in [0, 0.1) is 0 Å². The zero-order chi connectivity index (χ0) is 12.1. The molecule has 1 heterocycles. The number of aromatic amines is 1. The third kappa shape index (κ3) is 4.99. The number of hydrogen-bond acceptors (Lipinski definition) is 4. The van der Waals surface area contributed by atoms with Crippen LogP contribution < -0.4 is 11.1 Å². The first kappa shape index (κ1) is 15.6. The normalized spacial score (nSPS) is 13.3. The van der Waals surface area contributed by atoms with Gasteiger partial charge in [0.1, 0.15) is 6.04 Å². The van der Waals surface area contributed by atoms with Gasteiger partial charge in [-0.3, -0.25) is 4.79 Å². The summed E-state index contributed by atoms with van der Waals surface area (Å²) in [5.74, 6) is -1.61. The smallest absolute Gasteiger partial charge is 0.326 e. The Balaban J connectivity index is 0.00000256. The zero-order valence-electron chi connectivity index (χ0n) is 9.18. The van der Waals surface area contributed by atoms with Gasteiger partial charge >= 0.3 is 5.97 Å². The van der Waals surface area contributed by atoms with E-state index in [1.165, 1.54) is 13.3 Å². The second-order valence-corrected chi connectivity index (χ2v) is 3.45. The van der Waals surface area contributed by atoms with Crippen molar-refractivity contribution in [1.82, 2.24) is 15.3 Å². The van der Waals surface area contributed by atoms with Crippen molar-refractivity contribution in [1.29, 1.82) is 0 Å². The van der Waals surface area contributed by atoms with Gasteiger partial charge in [0.25, 0.3) is 0 Å². The van der Waals surface area contributed by atoms with E-state index < -0.39 is 24.0 Å². The molecule has 1 rings (SSSR count). The first-order valence-corrected chi connectivity index (χ1v) is 4.77. The molecule has 2 atom stereocenters. The number of nitrogens with zero attached hydrogens (tertiary/aromatic N) is 1. The monoisotopic (exact) mass is 281 g/mol. The van der Waals surface area contributed by atoms with Crippen LogP contribution in [-0.2, 0) is 33.1 Å². The van der Waals surface area contributed by atoms with Crippen LogP contribution in [0.2, 0.25) is 0 Å². The number of nitrogens with two attached hydrogens (primary N) is 1. The maximum absolute atomic E-state index is 11.3. The van der Waals surface area contributed by atoms with Gasteiger partial charge in [-0.15, -0.1) is 0 Å². The molecule has 8 heteroatoms. The van der Waals surface area contributed by atoms with Crippen LogP contribution in [0.3, 0.4) is 0 Å². The molecule has 1 amide bonds. The minimum absolute atomic E-state index is 0. The van der Waals surface area contributed by atoms with Gasteiger partial charge in [0.15, 0.2) is 0 Å². The number of carbonyl (C=O) groups is 2. The SMILES string of the molecule is CC(N)C(=O)NC(Cc1c[nH]cn1)C(=O)O.[Mn]. The zero-order valence-corrected chi connectivity index (χ0v) is 10.4. The molecule has 5 N–H and O–H groups in total. The number of imidazole rings is 1. The molecule has 0 spiro atoms. The van der Waals surface area contributed by atoms with Gasteiger partial charge < -0.3 is 21.1 Å². The average Bonchev–Trinajstić information content (AvgIpc) is 2.68. The van der Waals surface area contributed by atoms with Crippen LogP contribution in [0.5, 0.6) is 0 Å². The number of nitrogens with one attached hydrogen (secondary N) is 2. The van der Waals surface area contributed by atoms with Gasteiger partial charge in [0, 0.05) is 29.7 Å². The van der Waals surface area contributed by atoms with Crippen molar-refractivity contribution in [2.45, 2.75) is 25.4 Å². The van der Waals surface area contributed by atoms with Crippen LogP contribution in [0.15, 0.2) is 12.5 Å². The van der Waals surface area contributed by atoms with Crippen molar-refractivity contribution < 1.29 is 31.8 Å². The summed E-state index contributed by atoms with van der Waals surface area (Å²) in [5.41, 5.74) is 5.90. The summed E-state index contributed by atoms with van der Waals surface area (Å²) in [4.78, 5) is 28.7. The first-order valence-electron chi connectivity index (χ1n) is 4.77. The number of rotatable bonds is 5. The average molecular weight is 281 g/mol. The minimum atomic E-state index is -1.11. The molecule has 2 unspecified atom stereocenters. The molecule has 0 bridgehead atoms. The van der Waals surface area contributed by atoms with Crippen LogP contribution >= 0.6 is 0 Å². The van der Waals surface area contributed by atoms with E-state index in [2.05, 4.69) is 15.3 Å². The second kappa shape index (κ2) is 7.05. The second-order valence-electron chi connectivity index (χ2n) is 3.45. The summed E-state index contributed by atoms with van der Waals surface area (Å²) in [6, 6.07) is -1.75. The van der Waals surface area contributed by atoms with Crippen molar-refractivity contribution in [3.05, 3.63) is 18.2 Å². The van der Waals surface area contributed by atoms with Crippen molar-refractivity contribution in [3.8, 4) is 0 Å². The Hall–Kier alpha value is -1.37. The molecule has 1 aromatic rings. The fourth-order valence-corrected chi connectivity index (χ4v) is 1.11. The molecule has 1 aromatic heterocycles. The molecular formula is C9H14MnN4O3. The number of carboxylic acid groups (broad SMARTS) is 1. The number of H-pyrrole nitrogens is 1.